The van der Waals surface area contributed by atoms with Gasteiger partial charge in [0.2, 0.25) is 10.0 Å². The molecule has 0 saturated carbocycles. The Bertz CT molecular complexity index is 510. The largest absolute Gasteiger partial charge is 0.243 e. The monoisotopic (exact) mass is 267 g/mol. The van der Waals surface area contributed by atoms with Crippen LogP contribution in [0.4, 0.5) is 0 Å². The van der Waals surface area contributed by atoms with Crippen LogP contribution in [0.5, 0.6) is 0 Å². The van der Waals surface area contributed by atoms with Crippen molar-refractivity contribution in [1.82, 2.24) is 4.31 Å². The second kappa shape index (κ2) is 5.41. The molecule has 2 rings (SSSR count). The zero-order valence-corrected chi connectivity index (χ0v) is 11.9. The summed E-state index contributed by atoms with van der Waals surface area (Å²) in [7, 11) is -3.33. The first-order chi connectivity index (χ1) is 8.53. The average molecular weight is 267 g/mol. The van der Waals surface area contributed by atoms with E-state index in [-0.39, 0.29) is 6.04 Å². The van der Waals surface area contributed by atoms with Gasteiger partial charge in [0.25, 0.3) is 0 Å². The molecule has 0 radical (unpaired) electrons. The van der Waals surface area contributed by atoms with E-state index in [1.807, 2.05) is 26.0 Å². The first-order valence-corrected chi connectivity index (χ1v) is 8.05. The molecule has 0 spiro atoms. The van der Waals surface area contributed by atoms with Crippen LogP contribution in [0.3, 0.4) is 0 Å². The summed E-state index contributed by atoms with van der Waals surface area (Å²) in [5, 5.41) is 0. The van der Waals surface area contributed by atoms with Crippen LogP contribution in [-0.4, -0.2) is 25.3 Å². The van der Waals surface area contributed by atoms with E-state index >= 15 is 0 Å². The second-order valence-electron chi connectivity index (χ2n) is 5.08. The van der Waals surface area contributed by atoms with Crippen molar-refractivity contribution in [3.63, 3.8) is 0 Å². The molecule has 1 fully saturated rings. The van der Waals surface area contributed by atoms with Gasteiger partial charge in [0, 0.05) is 12.6 Å². The fourth-order valence-corrected chi connectivity index (χ4v) is 4.50. The lowest BCUT2D eigenvalue weighted by Gasteiger charge is -2.26. The topological polar surface area (TPSA) is 37.4 Å². The number of nitrogens with zero attached hydrogens (tertiary/aromatic N) is 1. The Hall–Kier alpha value is -0.870. The number of hydrogen-bond donors (Lipinski definition) is 0. The minimum Gasteiger partial charge on any atom is -0.207 e. The van der Waals surface area contributed by atoms with Gasteiger partial charge >= 0.3 is 0 Å². The van der Waals surface area contributed by atoms with Gasteiger partial charge in [0.05, 0.1) is 4.90 Å². The highest BCUT2D eigenvalue weighted by molar-refractivity contribution is 7.89. The van der Waals surface area contributed by atoms with Gasteiger partial charge in [-0.2, -0.15) is 4.31 Å². The van der Waals surface area contributed by atoms with Gasteiger partial charge in [-0.05, 0) is 38.3 Å². The maximum absolute atomic E-state index is 12.7. The van der Waals surface area contributed by atoms with Gasteiger partial charge in [-0.1, -0.05) is 31.0 Å². The summed E-state index contributed by atoms with van der Waals surface area (Å²) in [6.45, 7) is 4.52. The lowest BCUT2D eigenvalue weighted by molar-refractivity contribution is 0.342. The SMILES string of the molecule is Cc1ccccc1S(=O)(=O)N1CCCCCC1C. The molecule has 4 heteroatoms. The predicted octanol–water partition coefficient (Wildman–Crippen LogP) is 2.95. The Morgan fingerprint density at radius 1 is 1.17 bits per heavy atom. The number of aryl methyl sites for hydroxylation is 1. The van der Waals surface area contributed by atoms with Crippen LogP contribution in [0.15, 0.2) is 29.2 Å². The van der Waals surface area contributed by atoms with Crippen molar-refractivity contribution in [3.8, 4) is 0 Å². The minimum atomic E-state index is -3.33. The van der Waals surface area contributed by atoms with Crippen LogP contribution in [0, 0.1) is 6.92 Å². The van der Waals surface area contributed by atoms with E-state index in [1.165, 1.54) is 0 Å². The van der Waals surface area contributed by atoms with Gasteiger partial charge in [-0.15, -0.1) is 0 Å². The highest BCUT2D eigenvalue weighted by Gasteiger charge is 2.30. The van der Waals surface area contributed by atoms with Gasteiger partial charge in [0.15, 0.2) is 0 Å². The van der Waals surface area contributed by atoms with Crippen LogP contribution < -0.4 is 0 Å². The Balaban J connectivity index is 2.38. The molecule has 1 atom stereocenters. The molecule has 0 N–H and O–H groups in total. The van der Waals surface area contributed by atoms with Crippen LogP contribution >= 0.6 is 0 Å². The molecule has 1 saturated heterocycles. The number of rotatable bonds is 2. The van der Waals surface area contributed by atoms with Crippen molar-refractivity contribution in [3.05, 3.63) is 29.8 Å². The van der Waals surface area contributed by atoms with E-state index in [2.05, 4.69) is 0 Å². The van der Waals surface area contributed by atoms with Gasteiger partial charge in [0.1, 0.15) is 0 Å². The normalized spacial score (nSPS) is 22.7. The third-order valence-electron chi connectivity index (χ3n) is 3.67. The fraction of sp³-hybridized carbons (Fsp3) is 0.571. The third-order valence-corrected chi connectivity index (χ3v) is 5.85. The van der Waals surface area contributed by atoms with Crippen molar-refractivity contribution < 1.29 is 8.42 Å². The van der Waals surface area contributed by atoms with E-state index in [9.17, 15) is 8.42 Å². The highest BCUT2D eigenvalue weighted by atomic mass is 32.2. The lowest BCUT2D eigenvalue weighted by atomic mass is 10.1. The molecular weight excluding hydrogens is 246 g/mol. The molecule has 0 amide bonds. The molecule has 1 aliphatic rings. The van der Waals surface area contributed by atoms with Crippen molar-refractivity contribution >= 4 is 10.0 Å². The third kappa shape index (κ3) is 2.59. The molecule has 18 heavy (non-hydrogen) atoms. The minimum absolute atomic E-state index is 0.108. The van der Waals surface area contributed by atoms with Crippen LogP contribution in [-0.2, 0) is 10.0 Å². The average Bonchev–Trinajstić information content (AvgIpc) is 2.54. The van der Waals surface area contributed by atoms with Crippen LogP contribution in [0.2, 0.25) is 0 Å². The van der Waals surface area contributed by atoms with Crippen molar-refractivity contribution in [2.75, 3.05) is 6.54 Å². The smallest absolute Gasteiger partial charge is 0.207 e. The van der Waals surface area contributed by atoms with E-state index in [0.29, 0.717) is 11.4 Å². The maximum Gasteiger partial charge on any atom is 0.243 e. The summed E-state index contributed by atoms with van der Waals surface area (Å²) in [4.78, 5) is 0.457. The molecule has 100 valence electrons. The van der Waals surface area contributed by atoms with Crippen LogP contribution in [0.25, 0.3) is 0 Å². The summed E-state index contributed by atoms with van der Waals surface area (Å²) >= 11 is 0. The summed E-state index contributed by atoms with van der Waals surface area (Å²) in [5.74, 6) is 0. The zero-order valence-electron chi connectivity index (χ0n) is 11.1. The van der Waals surface area contributed by atoms with E-state index in [4.69, 9.17) is 0 Å². The first-order valence-electron chi connectivity index (χ1n) is 6.61. The zero-order chi connectivity index (χ0) is 13.2. The summed E-state index contributed by atoms with van der Waals surface area (Å²) in [6.07, 6.45) is 4.19. The summed E-state index contributed by atoms with van der Waals surface area (Å²) in [6, 6.07) is 7.34. The van der Waals surface area contributed by atoms with Gasteiger partial charge in [-0.25, -0.2) is 8.42 Å². The molecule has 1 unspecified atom stereocenters. The fourth-order valence-electron chi connectivity index (χ4n) is 2.58. The maximum atomic E-state index is 12.7. The molecule has 0 aliphatic carbocycles. The molecular formula is C14H21NO2S. The standard InChI is InChI=1S/C14H21NO2S/c1-12-8-5-6-10-14(12)18(16,17)15-11-7-3-4-9-13(15)2/h5-6,8,10,13H,3-4,7,9,11H2,1-2H3. The molecule has 1 aromatic rings. The Morgan fingerprint density at radius 3 is 2.61 bits per heavy atom. The Labute approximate surface area is 110 Å². The highest BCUT2D eigenvalue weighted by Crippen LogP contribution is 2.26. The second-order valence-corrected chi connectivity index (χ2v) is 6.94. The molecule has 0 aromatic heterocycles. The van der Waals surface area contributed by atoms with E-state index < -0.39 is 10.0 Å². The van der Waals surface area contributed by atoms with Gasteiger partial charge in [-0.3, -0.25) is 0 Å². The molecule has 0 bridgehead atoms. The van der Waals surface area contributed by atoms with E-state index in [1.54, 1.807) is 16.4 Å². The van der Waals surface area contributed by atoms with E-state index in [0.717, 1.165) is 31.2 Å². The van der Waals surface area contributed by atoms with Crippen molar-refractivity contribution in [2.45, 2.75) is 50.5 Å². The lowest BCUT2D eigenvalue weighted by Crippen LogP contribution is -2.38. The molecule has 3 nitrogen and oxygen atoms in total. The predicted molar refractivity (Wildman–Crippen MR) is 73.0 cm³/mol. The molecule has 1 heterocycles. The summed E-state index contributed by atoms with van der Waals surface area (Å²) < 4.78 is 27.1. The molecule has 1 aliphatic heterocycles. The summed E-state index contributed by atoms with van der Waals surface area (Å²) in [5.41, 5.74) is 0.828. The number of hydrogen-bond acceptors (Lipinski definition) is 2. The van der Waals surface area contributed by atoms with Crippen LogP contribution in [0.1, 0.15) is 38.2 Å². The van der Waals surface area contributed by atoms with Crippen molar-refractivity contribution in [2.24, 2.45) is 0 Å². The Kier molecular flexibility index (Phi) is 4.07. The Morgan fingerprint density at radius 2 is 1.89 bits per heavy atom. The number of benzene rings is 1. The quantitative estimate of drug-likeness (QED) is 0.826. The van der Waals surface area contributed by atoms with Gasteiger partial charge < -0.3 is 0 Å². The first kappa shape index (κ1) is 13.6. The molecule has 1 aromatic carbocycles. The number of sulfonamides is 1. The van der Waals surface area contributed by atoms with Crippen molar-refractivity contribution in [1.29, 1.82) is 0 Å².